The third kappa shape index (κ3) is 1.61. The molecule has 3 heteroatoms. The molecule has 3 nitrogen and oxygen atoms in total. The van der Waals surface area contributed by atoms with Crippen molar-refractivity contribution in [1.82, 2.24) is 4.90 Å². The minimum Gasteiger partial charge on any atom is -0.383 e. The van der Waals surface area contributed by atoms with Crippen molar-refractivity contribution in [3.05, 3.63) is 0 Å². The normalized spacial score (nSPS) is 28.4. The second-order valence-corrected chi connectivity index (χ2v) is 3.35. The molecule has 0 saturated carbocycles. The lowest BCUT2D eigenvalue weighted by Crippen LogP contribution is -2.58. The lowest BCUT2D eigenvalue weighted by molar-refractivity contribution is -0.146. The topological polar surface area (TPSA) is 29.5 Å². The van der Waals surface area contributed by atoms with Crippen LogP contribution in [0.15, 0.2) is 0 Å². The highest BCUT2D eigenvalue weighted by atomic mass is 16.5. The van der Waals surface area contributed by atoms with Gasteiger partial charge < -0.3 is 9.64 Å². The summed E-state index contributed by atoms with van der Waals surface area (Å²) in [5.41, 5.74) is 0. The van der Waals surface area contributed by atoms with Crippen LogP contribution < -0.4 is 0 Å². The van der Waals surface area contributed by atoms with Crippen molar-refractivity contribution in [2.24, 2.45) is 0 Å². The highest BCUT2D eigenvalue weighted by Gasteiger charge is 2.37. The van der Waals surface area contributed by atoms with Crippen LogP contribution in [0, 0.1) is 0 Å². The smallest absolute Gasteiger partial charge is 0.222 e. The molecule has 0 aliphatic carbocycles. The Labute approximate surface area is 73.7 Å². The van der Waals surface area contributed by atoms with Gasteiger partial charge in [-0.25, -0.2) is 0 Å². The number of hydrogen-bond acceptors (Lipinski definition) is 2. The summed E-state index contributed by atoms with van der Waals surface area (Å²) < 4.78 is 5.03. The van der Waals surface area contributed by atoms with Gasteiger partial charge in [-0.2, -0.15) is 0 Å². The first kappa shape index (κ1) is 9.52. The summed E-state index contributed by atoms with van der Waals surface area (Å²) in [5, 5.41) is 0. The molecular weight excluding hydrogens is 154 g/mol. The van der Waals surface area contributed by atoms with E-state index in [1.165, 1.54) is 0 Å². The summed E-state index contributed by atoms with van der Waals surface area (Å²) in [5.74, 6) is 0.246. The van der Waals surface area contributed by atoms with Gasteiger partial charge in [0.05, 0.1) is 12.6 Å². The molecule has 1 fully saturated rings. The lowest BCUT2D eigenvalue weighted by atomic mass is 9.94. The van der Waals surface area contributed by atoms with E-state index in [0.29, 0.717) is 25.1 Å². The molecule has 1 amide bonds. The second kappa shape index (κ2) is 3.90. The standard InChI is InChI=1S/C9H17NO2/c1-4-9(11)10-7(2)5-8(10)6-12-3/h7-8H,4-6H2,1-3H3. The zero-order valence-electron chi connectivity index (χ0n) is 8.04. The fraction of sp³-hybridized carbons (Fsp3) is 0.889. The van der Waals surface area contributed by atoms with Crippen molar-refractivity contribution in [2.45, 2.75) is 38.8 Å². The fourth-order valence-corrected chi connectivity index (χ4v) is 1.82. The monoisotopic (exact) mass is 171 g/mol. The minimum absolute atomic E-state index is 0.246. The highest BCUT2D eigenvalue weighted by molar-refractivity contribution is 5.77. The SMILES string of the molecule is CCC(=O)N1C(C)CC1COC. The number of rotatable bonds is 3. The third-order valence-corrected chi connectivity index (χ3v) is 2.43. The van der Waals surface area contributed by atoms with Gasteiger partial charge in [-0.1, -0.05) is 6.92 Å². The minimum atomic E-state index is 0.246. The summed E-state index contributed by atoms with van der Waals surface area (Å²) >= 11 is 0. The Bertz CT molecular complexity index is 168. The first-order valence-corrected chi connectivity index (χ1v) is 4.50. The number of carbonyl (C=O) groups excluding carboxylic acids is 1. The van der Waals surface area contributed by atoms with Gasteiger partial charge in [-0.05, 0) is 13.3 Å². The number of methoxy groups -OCH3 is 1. The van der Waals surface area contributed by atoms with Crippen LogP contribution in [0.2, 0.25) is 0 Å². The molecule has 70 valence electrons. The molecule has 1 aliphatic heterocycles. The molecule has 2 atom stereocenters. The number of carbonyl (C=O) groups is 1. The lowest BCUT2D eigenvalue weighted by Gasteiger charge is -2.46. The molecule has 0 aromatic heterocycles. The van der Waals surface area contributed by atoms with Crippen LogP contribution in [-0.4, -0.2) is 36.6 Å². The Kier molecular flexibility index (Phi) is 3.09. The predicted molar refractivity (Wildman–Crippen MR) is 46.9 cm³/mol. The number of ether oxygens (including phenoxy) is 1. The molecule has 0 aromatic carbocycles. The molecule has 0 bridgehead atoms. The molecule has 0 spiro atoms. The van der Waals surface area contributed by atoms with E-state index in [4.69, 9.17) is 4.74 Å². The fourth-order valence-electron chi connectivity index (χ4n) is 1.82. The summed E-state index contributed by atoms with van der Waals surface area (Å²) in [6.07, 6.45) is 1.68. The van der Waals surface area contributed by atoms with Crippen LogP contribution in [-0.2, 0) is 9.53 Å². The van der Waals surface area contributed by atoms with Gasteiger partial charge in [-0.3, -0.25) is 4.79 Å². The van der Waals surface area contributed by atoms with Crippen molar-refractivity contribution in [3.63, 3.8) is 0 Å². The Hall–Kier alpha value is -0.570. The van der Waals surface area contributed by atoms with Gasteiger partial charge in [0.15, 0.2) is 0 Å². The summed E-state index contributed by atoms with van der Waals surface area (Å²) in [4.78, 5) is 13.3. The van der Waals surface area contributed by atoms with Crippen molar-refractivity contribution in [2.75, 3.05) is 13.7 Å². The summed E-state index contributed by atoms with van der Waals surface area (Å²) in [6, 6.07) is 0.745. The van der Waals surface area contributed by atoms with E-state index in [1.807, 2.05) is 11.8 Å². The van der Waals surface area contributed by atoms with Gasteiger partial charge in [0.25, 0.3) is 0 Å². The van der Waals surface area contributed by atoms with E-state index in [0.717, 1.165) is 6.42 Å². The molecule has 1 saturated heterocycles. The second-order valence-electron chi connectivity index (χ2n) is 3.35. The molecular formula is C9H17NO2. The van der Waals surface area contributed by atoms with Crippen LogP contribution in [0.5, 0.6) is 0 Å². The first-order chi connectivity index (χ1) is 5.70. The van der Waals surface area contributed by atoms with Gasteiger partial charge in [-0.15, -0.1) is 0 Å². The largest absolute Gasteiger partial charge is 0.383 e. The Morgan fingerprint density at radius 3 is 2.75 bits per heavy atom. The Balaban J connectivity index is 2.44. The van der Waals surface area contributed by atoms with Crippen molar-refractivity contribution in [1.29, 1.82) is 0 Å². The van der Waals surface area contributed by atoms with E-state index in [1.54, 1.807) is 7.11 Å². The summed E-state index contributed by atoms with van der Waals surface area (Å²) in [6.45, 7) is 4.66. The average molecular weight is 171 g/mol. The molecule has 1 heterocycles. The molecule has 0 radical (unpaired) electrons. The molecule has 1 aliphatic rings. The Morgan fingerprint density at radius 1 is 1.67 bits per heavy atom. The van der Waals surface area contributed by atoms with Crippen molar-refractivity contribution < 1.29 is 9.53 Å². The van der Waals surface area contributed by atoms with E-state index >= 15 is 0 Å². The number of hydrogen-bond donors (Lipinski definition) is 0. The first-order valence-electron chi connectivity index (χ1n) is 4.50. The van der Waals surface area contributed by atoms with Crippen LogP contribution in [0.4, 0.5) is 0 Å². The van der Waals surface area contributed by atoms with Gasteiger partial charge >= 0.3 is 0 Å². The quantitative estimate of drug-likeness (QED) is 0.634. The average Bonchev–Trinajstić information content (AvgIpc) is 2.03. The molecule has 0 N–H and O–H groups in total. The van der Waals surface area contributed by atoms with E-state index < -0.39 is 0 Å². The summed E-state index contributed by atoms with van der Waals surface area (Å²) in [7, 11) is 1.68. The maximum Gasteiger partial charge on any atom is 0.222 e. The maximum atomic E-state index is 11.4. The van der Waals surface area contributed by atoms with Crippen LogP contribution >= 0.6 is 0 Å². The molecule has 2 unspecified atom stereocenters. The maximum absolute atomic E-state index is 11.4. The zero-order chi connectivity index (χ0) is 9.14. The van der Waals surface area contributed by atoms with E-state index in [9.17, 15) is 4.79 Å². The van der Waals surface area contributed by atoms with Gasteiger partial charge in [0.1, 0.15) is 0 Å². The van der Waals surface area contributed by atoms with Gasteiger partial charge in [0, 0.05) is 19.6 Å². The van der Waals surface area contributed by atoms with E-state index in [2.05, 4.69) is 6.92 Å². The molecule has 0 aromatic rings. The zero-order valence-corrected chi connectivity index (χ0v) is 8.04. The van der Waals surface area contributed by atoms with Crippen molar-refractivity contribution in [3.8, 4) is 0 Å². The van der Waals surface area contributed by atoms with E-state index in [-0.39, 0.29) is 5.91 Å². The van der Waals surface area contributed by atoms with Crippen LogP contribution in [0.3, 0.4) is 0 Å². The predicted octanol–water partition coefficient (Wildman–Crippen LogP) is 1.03. The highest BCUT2D eigenvalue weighted by Crippen LogP contribution is 2.26. The van der Waals surface area contributed by atoms with Gasteiger partial charge in [0.2, 0.25) is 5.91 Å². The number of nitrogens with zero attached hydrogens (tertiary/aromatic N) is 1. The number of amides is 1. The third-order valence-electron chi connectivity index (χ3n) is 2.43. The van der Waals surface area contributed by atoms with Crippen LogP contribution in [0.1, 0.15) is 26.7 Å². The van der Waals surface area contributed by atoms with Crippen molar-refractivity contribution >= 4 is 5.91 Å². The molecule has 1 rings (SSSR count). The van der Waals surface area contributed by atoms with Crippen LogP contribution in [0.25, 0.3) is 0 Å². The molecule has 12 heavy (non-hydrogen) atoms. The number of likely N-dealkylation sites (tertiary alicyclic amines) is 1. The Morgan fingerprint density at radius 2 is 2.33 bits per heavy atom.